The molecule has 1 unspecified atom stereocenters. The van der Waals surface area contributed by atoms with Crippen molar-refractivity contribution in [3.8, 4) is 0 Å². The molecule has 102 valence electrons. The average molecular weight is 343 g/mol. The first-order valence-corrected chi connectivity index (χ1v) is 8.41. The zero-order valence-corrected chi connectivity index (χ0v) is 13.1. The monoisotopic (exact) mass is 342 g/mol. The summed E-state index contributed by atoms with van der Waals surface area (Å²) in [4.78, 5) is 4.34. The molecule has 0 spiro atoms. The third-order valence-corrected chi connectivity index (χ3v) is 6.11. The van der Waals surface area contributed by atoms with Gasteiger partial charge in [-0.3, -0.25) is 4.98 Å². The fraction of sp³-hybridized carbons (Fsp3) is 0.308. The van der Waals surface area contributed by atoms with E-state index >= 15 is 0 Å². The number of aromatic nitrogens is 1. The molecule has 0 bridgehead atoms. The van der Waals surface area contributed by atoms with Crippen molar-refractivity contribution in [3.05, 3.63) is 36.7 Å². The van der Waals surface area contributed by atoms with Crippen LogP contribution in [-0.4, -0.2) is 36.1 Å². The zero-order valence-electron chi connectivity index (χ0n) is 10.7. The van der Waals surface area contributed by atoms with Gasteiger partial charge in [-0.25, -0.2) is 8.42 Å². The van der Waals surface area contributed by atoms with Gasteiger partial charge in [0.05, 0.1) is 4.90 Å². The summed E-state index contributed by atoms with van der Waals surface area (Å²) >= 11 is 3.31. The highest BCUT2D eigenvalue weighted by atomic mass is 79.9. The summed E-state index contributed by atoms with van der Waals surface area (Å²) in [5.41, 5.74) is 0. The lowest BCUT2D eigenvalue weighted by Crippen LogP contribution is -2.36. The van der Waals surface area contributed by atoms with Crippen LogP contribution >= 0.6 is 15.9 Å². The van der Waals surface area contributed by atoms with Crippen LogP contribution in [0.2, 0.25) is 0 Å². The molecule has 6 heteroatoms. The lowest BCUT2D eigenvalue weighted by molar-refractivity contribution is 0.417. The second-order valence-corrected chi connectivity index (χ2v) is 6.99. The molecule has 0 saturated carbocycles. The van der Waals surface area contributed by atoms with Crippen LogP contribution in [0.25, 0.3) is 10.8 Å². The van der Waals surface area contributed by atoms with Crippen molar-refractivity contribution in [1.82, 2.24) is 9.29 Å². The van der Waals surface area contributed by atoms with Crippen molar-refractivity contribution in [2.45, 2.75) is 17.9 Å². The van der Waals surface area contributed by atoms with Gasteiger partial charge in [-0.05, 0) is 19.1 Å². The summed E-state index contributed by atoms with van der Waals surface area (Å²) in [6, 6.07) is 6.85. The second-order valence-electron chi connectivity index (χ2n) is 4.38. The SMILES string of the molecule is CC(CBr)N(C)S(=O)(=O)c1cccc2cnccc12. The summed E-state index contributed by atoms with van der Waals surface area (Å²) in [5, 5.41) is 2.12. The highest BCUT2D eigenvalue weighted by Crippen LogP contribution is 2.25. The van der Waals surface area contributed by atoms with Crippen LogP contribution in [0.5, 0.6) is 0 Å². The van der Waals surface area contributed by atoms with Gasteiger partial charge in [-0.1, -0.05) is 28.1 Å². The maximum atomic E-state index is 12.6. The molecule has 0 fully saturated rings. The van der Waals surface area contributed by atoms with E-state index in [1.807, 2.05) is 13.0 Å². The lowest BCUT2D eigenvalue weighted by atomic mass is 10.2. The minimum Gasteiger partial charge on any atom is -0.264 e. The van der Waals surface area contributed by atoms with Gasteiger partial charge in [-0.15, -0.1) is 0 Å². The fourth-order valence-corrected chi connectivity index (χ4v) is 4.01. The predicted octanol–water partition coefficient (Wildman–Crippen LogP) is 2.64. The van der Waals surface area contributed by atoms with E-state index in [4.69, 9.17) is 0 Å². The standard InChI is InChI=1S/C13H15BrN2O2S/c1-10(8-14)16(2)19(17,18)13-5-3-4-11-9-15-7-6-12(11)13/h3-7,9-10H,8H2,1-2H3. The van der Waals surface area contributed by atoms with Crippen LogP contribution in [0, 0.1) is 0 Å². The van der Waals surface area contributed by atoms with E-state index < -0.39 is 10.0 Å². The summed E-state index contributed by atoms with van der Waals surface area (Å²) in [6.45, 7) is 1.86. The summed E-state index contributed by atoms with van der Waals surface area (Å²) in [6.07, 6.45) is 3.28. The highest BCUT2D eigenvalue weighted by molar-refractivity contribution is 9.09. The smallest absolute Gasteiger partial charge is 0.243 e. The number of sulfonamides is 1. The molecule has 19 heavy (non-hydrogen) atoms. The number of pyridine rings is 1. The number of halogens is 1. The van der Waals surface area contributed by atoms with Gasteiger partial charge >= 0.3 is 0 Å². The molecule has 1 heterocycles. The average Bonchev–Trinajstić information content (AvgIpc) is 2.44. The van der Waals surface area contributed by atoms with Gasteiger partial charge in [0, 0.05) is 41.6 Å². The molecule has 2 aromatic rings. The normalized spacial score (nSPS) is 13.9. The van der Waals surface area contributed by atoms with Gasteiger partial charge in [0.15, 0.2) is 0 Å². The van der Waals surface area contributed by atoms with Crippen LogP contribution in [0.3, 0.4) is 0 Å². The maximum Gasteiger partial charge on any atom is 0.243 e. The first kappa shape index (κ1) is 14.4. The van der Waals surface area contributed by atoms with Gasteiger partial charge in [-0.2, -0.15) is 4.31 Å². The Hall–Kier alpha value is -0.980. The molecule has 4 nitrogen and oxygen atoms in total. The number of nitrogens with zero attached hydrogens (tertiary/aromatic N) is 2. The van der Waals surface area contributed by atoms with Crippen molar-refractivity contribution >= 4 is 36.7 Å². The third-order valence-electron chi connectivity index (χ3n) is 3.14. The Morgan fingerprint density at radius 2 is 2.11 bits per heavy atom. The van der Waals surface area contributed by atoms with E-state index in [9.17, 15) is 8.42 Å². The van der Waals surface area contributed by atoms with Gasteiger partial charge in [0.2, 0.25) is 10.0 Å². The lowest BCUT2D eigenvalue weighted by Gasteiger charge is -2.23. The summed E-state index contributed by atoms with van der Waals surface area (Å²) in [7, 11) is -1.90. The minimum atomic E-state index is -3.50. The van der Waals surface area contributed by atoms with E-state index in [0.717, 1.165) is 5.39 Å². The van der Waals surface area contributed by atoms with Crippen molar-refractivity contribution in [2.75, 3.05) is 12.4 Å². The zero-order chi connectivity index (χ0) is 14.0. The summed E-state index contributed by atoms with van der Waals surface area (Å²) in [5.74, 6) is 0. The molecule has 2 rings (SSSR count). The third kappa shape index (κ3) is 2.66. The molecule has 0 radical (unpaired) electrons. The van der Waals surface area contributed by atoms with E-state index in [1.165, 1.54) is 4.31 Å². The van der Waals surface area contributed by atoms with Crippen LogP contribution in [-0.2, 0) is 10.0 Å². The van der Waals surface area contributed by atoms with E-state index in [2.05, 4.69) is 20.9 Å². The van der Waals surface area contributed by atoms with Crippen LogP contribution in [0.1, 0.15) is 6.92 Å². The quantitative estimate of drug-likeness (QED) is 0.802. The molecular weight excluding hydrogens is 328 g/mol. The van der Waals surface area contributed by atoms with Crippen molar-refractivity contribution in [1.29, 1.82) is 0 Å². The predicted molar refractivity (Wildman–Crippen MR) is 79.9 cm³/mol. The molecule has 1 aromatic carbocycles. The van der Waals surface area contributed by atoms with Crippen molar-refractivity contribution in [2.24, 2.45) is 0 Å². The first-order chi connectivity index (χ1) is 8.98. The number of alkyl halides is 1. The number of hydrogen-bond acceptors (Lipinski definition) is 3. The molecule has 0 aliphatic heterocycles. The molecule has 1 atom stereocenters. The Kier molecular flexibility index (Phi) is 4.23. The van der Waals surface area contributed by atoms with Gasteiger partial charge in [0.1, 0.15) is 0 Å². The van der Waals surface area contributed by atoms with E-state index in [0.29, 0.717) is 15.6 Å². The summed E-state index contributed by atoms with van der Waals surface area (Å²) < 4.78 is 26.6. The van der Waals surface area contributed by atoms with E-state index in [1.54, 1.807) is 37.6 Å². The van der Waals surface area contributed by atoms with Crippen LogP contribution in [0.15, 0.2) is 41.6 Å². The van der Waals surface area contributed by atoms with Crippen LogP contribution < -0.4 is 0 Å². The van der Waals surface area contributed by atoms with Gasteiger partial charge in [0.25, 0.3) is 0 Å². The molecule has 0 N–H and O–H groups in total. The number of fused-ring (bicyclic) bond motifs is 1. The molecule has 0 amide bonds. The molecule has 0 aliphatic carbocycles. The topological polar surface area (TPSA) is 50.3 Å². The Balaban J connectivity index is 2.61. The number of rotatable bonds is 4. The molecular formula is C13H15BrN2O2S. The number of benzene rings is 1. The first-order valence-electron chi connectivity index (χ1n) is 5.85. The Morgan fingerprint density at radius 3 is 2.79 bits per heavy atom. The minimum absolute atomic E-state index is 0.109. The molecule has 1 aromatic heterocycles. The fourth-order valence-electron chi connectivity index (χ4n) is 1.81. The highest BCUT2D eigenvalue weighted by Gasteiger charge is 2.26. The van der Waals surface area contributed by atoms with Gasteiger partial charge < -0.3 is 0 Å². The largest absolute Gasteiger partial charge is 0.264 e. The van der Waals surface area contributed by atoms with Crippen LogP contribution in [0.4, 0.5) is 0 Å². The Morgan fingerprint density at radius 1 is 1.37 bits per heavy atom. The maximum absolute atomic E-state index is 12.6. The van der Waals surface area contributed by atoms with E-state index in [-0.39, 0.29) is 6.04 Å². The molecule has 0 aliphatic rings. The Bertz CT molecular complexity index is 683. The van der Waals surface area contributed by atoms with Crippen molar-refractivity contribution in [3.63, 3.8) is 0 Å². The Labute approximate surface area is 121 Å². The molecule has 0 saturated heterocycles. The second kappa shape index (κ2) is 5.56. The number of hydrogen-bond donors (Lipinski definition) is 0. The van der Waals surface area contributed by atoms with Crippen molar-refractivity contribution < 1.29 is 8.42 Å².